The molecule has 0 aliphatic rings. The second-order valence-electron chi connectivity index (χ2n) is 2.87. The smallest absolute Gasteiger partial charge is 0.217 e. The Morgan fingerprint density at radius 1 is 1.33 bits per heavy atom. The summed E-state index contributed by atoms with van der Waals surface area (Å²) in [4.78, 5) is 10.4. The normalized spacial score (nSPS) is 9.13. The average molecular weight is 250 g/mol. The number of nitrogens with two attached hydrogens (primary N) is 1. The molecule has 0 saturated heterocycles. The number of amides is 1. The number of benzene rings is 1. The number of hydrogen-bond donors (Lipinski definition) is 1. The summed E-state index contributed by atoms with van der Waals surface area (Å²) in [6, 6.07) is 7.08. The maximum absolute atomic E-state index is 10.4. The van der Waals surface area contributed by atoms with Gasteiger partial charge in [0.1, 0.15) is 5.75 Å². The Morgan fingerprint density at radius 2 is 1.93 bits per heavy atom. The molecule has 0 aromatic heterocycles. The van der Waals surface area contributed by atoms with Gasteiger partial charge in [0, 0.05) is 11.4 Å². The maximum atomic E-state index is 10.4. The molecule has 2 N–H and O–H groups in total. The Balaban J connectivity index is 0.00000196. The fourth-order valence-electron chi connectivity index (χ4n) is 0.967. The lowest BCUT2D eigenvalue weighted by atomic mass is 10.3. The molecule has 1 aromatic carbocycles. The van der Waals surface area contributed by atoms with Gasteiger partial charge in [-0.25, -0.2) is 0 Å². The van der Waals surface area contributed by atoms with Gasteiger partial charge in [-0.05, 0) is 30.7 Å². The lowest BCUT2D eigenvalue weighted by Crippen LogP contribution is -2.11. The number of carbonyl (C=O) groups is 1. The lowest BCUT2D eigenvalue weighted by molar-refractivity contribution is -0.118. The summed E-state index contributed by atoms with van der Waals surface area (Å²) in [5.41, 5.74) is 4.98. The van der Waals surface area contributed by atoms with E-state index in [1.807, 2.05) is 0 Å². The fourth-order valence-corrected chi connectivity index (χ4v) is 1.09. The van der Waals surface area contributed by atoms with Crippen molar-refractivity contribution < 1.29 is 9.53 Å². The van der Waals surface area contributed by atoms with Crippen LogP contribution in [0, 0.1) is 0 Å². The molecule has 0 unspecified atom stereocenters. The van der Waals surface area contributed by atoms with E-state index in [0.717, 1.165) is 5.75 Å². The fraction of sp³-hybridized carbons (Fsp3) is 0.300. The summed E-state index contributed by atoms with van der Waals surface area (Å²) >= 11 is 5.70. The van der Waals surface area contributed by atoms with E-state index in [4.69, 9.17) is 22.1 Å². The first-order chi connectivity index (χ1) is 6.68. The molecule has 0 heterocycles. The van der Waals surface area contributed by atoms with Gasteiger partial charge in [-0.3, -0.25) is 4.79 Å². The minimum atomic E-state index is -0.301. The van der Waals surface area contributed by atoms with E-state index < -0.39 is 0 Å². The molecule has 0 fully saturated rings. The molecule has 0 radical (unpaired) electrons. The second kappa shape index (κ2) is 7.37. The molecule has 3 nitrogen and oxygen atoms in total. The van der Waals surface area contributed by atoms with Gasteiger partial charge in [-0.15, -0.1) is 12.4 Å². The van der Waals surface area contributed by atoms with Gasteiger partial charge in [-0.1, -0.05) is 11.6 Å². The van der Waals surface area contributed by atoms with E-state index in [1.54, 1.807) is 24.3 Å². The van der Waals surface area contributed by atoms with Crippen molar-refractivity contribution in [1.29, 1.82) is 0 Å². The molecule has 1 aromatic rings. The molecular formula is C10H13Cl2NO2. The Morgan fingerprint density at radius 3 is 2.47 bits per heavy atom. The highest BCUT2D eigenvalue weighted by Gasteiger charge is 1.96. The van der Waals surface area contributed by atoms with Gasteiger partial charge in [0.2, 0.25) is 5.91 Å². The number of ether oxygens (including phenoxy) is 1. The predicted molar refractivity (Wildman–Crippen MR) is 62.6 cm³/mol. The molecule has 0 spiro atoms. The molecule has 0 atom stereocenters. The van der Waals surface area contributed by atoms with Crippen LogP contribution in [0.1, 0.15) is 12.8 Å². The van der Waals surface area contributed by atoms with Crippen molar-refractivity contribution in [1.82, 2.24) is 0 Å². The Bertz CT molecular complexity index is 301. The molecule has 1 amide bonds. The second-order valence-corrected chi connectivity index (χ2v) is 3.31. The van der Waals surface area contributed by atoms with Gasteiger partial charge < -0.3 is 10.5 Å². The first kappa shape index (κ1) is 14.1. The van der Waals surface area contributed by atoms with Crippen LogP contribution in [0.25, 0.3) is 0 Å². The van der Waals surface area contributed by atoms with Crippen molar-refractivity contribution in [2.45, 2.75) is 12.8 Å². The molecule has 0 saturated carbocycles. The monoisotopic (exact) mass is 249 g/mol. The van der Waals surface area contributed by atoms with Crippen LogP contribution in [0.2, 0.25) is 5.02 Å². The molecule has 1 rings (SSSR count). The third-order valence-corrected chi connectivity index (χ3v) is 1.90. The SMILES string of the molecule is Cl.NC(=O)CCCOc1ccc(Cl)cc1. The summed E-state index contributed by atoms with van der Waals surface area (Å²) in [5.74, 6) is 0.448. The third kappa shape index (κ3) is 6.20. The topological polar surface area (TPSA) is 52.3 Å². The van der Waals surface area contributed by atoms with E-state index in [0.29, 0.717) is 24.5 Å². The lowest BCUT2D eigenvalue weighted by Gasteiger charge is -2.04. The zero-order valence-corrected chi connectivity index (χ0v) is 9.68. The Labute approximate surface area is 100.0 Å². The van der Waals surface area contributed by atoms with Crippen LogP contribution < -0.4 is 10.5 Å². The van der Waals surface area contributed by atoms with Gasteiger partial charge in [0.25, 0.3) is 0 Å². The first-order valence-electron chi connectivity index (χ1n) is 4.35. The van der Waals surface area contributed by atoms with Gasteiger partial charge >= 0.3 is 0 Å². The number of halogens is 2. The van der Waals surface area contributed by atoms with E-state index in [1.165, 1.54) is 0 Å². The van der Waals surface area contributed by atoms with Crippen molar-refractivity contribution in [2.75, 3.05) is 6.61 Å². The maximum Gasteiger partial charge on any atom is 0.217 e. The number of carbonyl (C=O) groups excluding carboxylic acids is 1. The molecular weight excluding hydrogens is 237 g/mol. The van der Waals surface area contributed by atoms with Crippen LogP contribution in [-0.2, 0) is 4.79 Å². The van der Waals surface area contributed by atoms with Crippen LogP contribution in [0.5, 0.6) is 5.75 Å². The first-order valence-corrected chi connectivity index (χ1v) is 4.73. The quantitative estimate of drug-likeness (QED) is 0.816. The van der Waals surface area contributed by atoms with Crippen LogP contribution in [0.4, 0.5) is 0 Å². The minimum Gasteiger partial charge on any atom is -0.494 e. The highest BCUT2D eigenvalue weighted by atomic mass is 35.5. The minimum absolute atomic E-state index is 0. The van der Waals surface area contributed by atoms with Crippen LogP contribution in [0.15, 0.2) is 24.3 Å². The summed E-state index contributed by atoms with van der Waals surface area (Å²) in [6.45, 7) is 0.491. The van der Waals surface area contributed by atoms with Crippen molar-refractivity contribution in [3.05, 3.63) is 29.3 Å². The molecule has 0 bridgehead atoms. The van der Waals surface area contributed by atoms with Crippen LogP contribution in [0.3, 0.4) is 0 Å². The van der Waals surface area contributed by atoms with Crippen molar-refractivity contribution in [2.24, 2.45) is 5.73 Å². The van der Waals surface area contributed by atoms with E-state index in [2.05, 4.69) is 0 Å². The standard InChI is InChI=1S/C10H12ClNO2.ClH/c11-8-3-5-9(6-4-8)14-7-1-2-10(12)13;/h3-6H,1-2,7H2,(H2,12,13);1H. The average Bonchev–Trinajstić information content (AvgIpc) is 2.15. The van der Waals surface area contributed by atoms with Gasteiger partial charge in [0.05, 0.1) is 6.61 Å². The van der Waals surface area contributed by atoms with Crippen molar-refractivity contribution in [3.8, 4) is 5.75 Å². The number of rotatable bonds is 5. The largest absolute Gasteiger partial charge is 0.494 e. The molecule has 0 aliphatic heterocycles. The Hall–Kier alpha value is -0.930. The zero-order valence-electron chi connectivity index (χ0n) is 8.11. The van der Waals surface area contributed by atoms with Crippen LogP contribution in [-0.4, -0.2) is 12.5 Å². The zero-order chi connectivity index (χ0) is 10.4. The van der Waals surface area contributed by atoms with Crippen molar-refractivity contribution in [3.63, 3.8) is 0 Å². The molecule has 84 valence electrons. The number of hydrogen-bond acceptors (Lipinski definition) is 2. The van der Waals surface area contributed by atoms with Crippen LogP contribution >= 0.6 is 24.0 Å². The summed E-state index contributed by atoms with van der Waals surface area (Å²) < 4.78 is 5.34. The molecule has 0 aliphatic carbocycles. The van der Waals surface area contributed by atoms with Crippen molar-refractivity contribution >= 4 is 29.9 Å². The highest BCUT2D eigenvalue weighted by molar-refractivity contribution is 6.30. The highest BCUT2D eigenvalue weighted by Crippen LogP contribution is 2.15. The molecule has 5 heteroatoms. The van der Waals surface area contributed by atoms with E-state index in [-0.39, 0.29) is 18.3 Å². The van der Waals surface area contributed by atoms with Gasteiger partial charge in [-0.2, -0.15) is 0 Å². The summed E-state index contributed by atoms with van der Waals surface area (Å²) in [5, 5.41) is 0.675. The number of primary amides is 1. The third-order valence-electron chi connectivity index (χ3n) is 1.65. The summed E-state index contributed by atoms with van der Waals surface area (Å²) in [7, 11) is 0. The molecule has 15 heavy (non-hydrogen) atoms. The Kier molecular flexibility index (Phi) is 6.92. The van der Waals surface area contributed by atoms with Gasteiger partial charge in [0.15, 0.2) is 0 Å². The predicted octanol–water partition coefficient (Wildman–Crippen LogP) is 2.41. The summed E-state index contributed by atoms with van der Waals surface area (Å²) in [6.07, 6.45) is 0.992. The van der Waals surface area contributed by atoms with E-state index in [9.17, 15) is 4.79 Å². The van der Waals surface area contributed by atoms with E-state index >= 15 is 0 Å².